The third-order valence-corrected chi connectivity index (χ3v) is 3.40. The van der Waals surface area contributed by atoms with E-state index in [1.165, 1.54) is 0 Å². The van der Waals surface area contributed by atoms with E-state index < -0.39 is 0 Å². The molecule has 1 amide bonds. The summed E-state index contributed by atoms with van der Waals surface area (Å²) in [5, 5.41) is 2.83. The fourth-order valence-corrected chi connectivity index (χ4v) is 2.34. The molecule has 100 valence electrons. The summed E-state index contributed by atoms with van der Waals surface area (Å²) in [4.78, 5) is 12.2. The Hall–Kier alpha value is -2.47. The van der Waals surface area contributed by atoms with E-state index in [-0.39, 0.29) is 5.91 Å². The average molecular weight is 285 g/mol. The van der Waals surface area contributed by atoms with E-state index in [0.29, 0.717) is 17.0 Å². The van der Waals surface area contributed by atoms with Gasteiger partial charge in [0.15, 0.2) is 0 Å². The SMILES string of the molecule is COc1cccc(C(=O)Nc2ccc3nsnc3c2)c1. The lowest BCUT2D eigenvalue weighted by Gasteiger charge is -2.06. The van der Waals surface area contributed by atoms with Crippen molar-refractivity contribution < 1.29 is 9.53 Å². The molecule has 0 aliphatic rings. The zero-order valence-electron chi connectivity index (χ0n) is 10.7. The second-order valence-electron chi connectivity index (χ2n) is 4.15. The number of fused-ring (bicyclic) bond motifs is 1. The Morgan fingerprint density at radius 3 is 2.85 bits per heavy atom. The quantitative estimate of drug-likeness (QED) is 0.803. The number of anilines is 1. The van der Waals surface area contributed by atoms with Gasteiger partial charge < -0.3 is 10.1 Å². The van der Waals surface area contributed by atoms with E-state index in [2.05, 4.69) is 14.1 Å². The Balaban J connectivity index is 1.83. The van der Waals surface area contributed by atoms with E-state index in [4.69, 9.17) is 4.74 Å². The van der Waals surface area contributed by atoms with Crippen LogP contribution < -0.4 is 10.1 Å². The first kappa shape index (κ1) is 12.6. The lowest BCUT2D eigenvalue weighted by atomic mass is 10.2. The first-order valence-electron chi connectivity index (χ1n) is 5.94. The van der Waals surface area contributed by atoms with E-state index in [1.807, 2.05) is 12.1 Å². The van der Waals surface area contributed by atoms with Crippen LogP contribution in [0, 0.1) is 0 Å². The molecular formula is C14H11N3O2S. The van der Waals surface area contributed by atoms with Gasteiger partial charge in [-0.25, -0.2) is 0 Å². The molecule has 0 bridgehead atoms. The highest BCUT2D eigenvalue weighted by atomic mass is 32.1. The van der Waals surface area contributed by atoms with Crippen molar-refractivity contribution in [3.63, 3.8) is 0 Å². The average Bonchev–Trinajstić information content (AvgIpc) is 2.95. The highest BCUT2D eigenvalue weighted by Gasteiger charge is 2.08. The van der Waals surface area contributed by atoms with Crippen LogP contribution in [0.1, 0.15) is 10.4 Å². The van der Waals surface area contributed by atoms with Crippen LogP contribution in [0.4, 0.5) is 5.69 Å². The summed E-state index contributed by atoms with van der Waals surface area (Å²) < 4.78 is 13.4. The number of hydrogen-bond donors (Lipinski definition) is 1. The van der Waals surface area contributed by atoms with Crippen LogP contribution in [0.3, 0.4) is 0 Å². The van der Waals surface area contributed by atoms with Crippen molar-refractivity contribution >= 4 is 34.4 Å². The Morgan fingerprint density at radius 1 is 1.15 bits per heavy atom. The van der Waals surface area contributed by atoms with Crippen LogP contribution in [0.5, 0.6) is 5.75 Å². The van der Waals surface area contributed by atoms with Gasteiger partial charge in [-0.1, -0.05) is 6.07 Å². The number of ether oxygens (including phenoxy) is 1. The Labute approximate surface area is 119 Å². The Kier molecular flexibility index (Phi) is 3.30. The van der Waals surface area contributed by atoms with Crippen LogP contribution in [0.2, 0.25) is 0 Å². The first-order chi connectivity index (χ1) is 9.76. The number of carbonyl (C=O) groups excluding carboxylic acids is 1. The second-order valence-corrected chi connectivity index (χ2v) is 4.68. The zero-order valence-corrected chi connectivity index (χ0v) is 11.5. The van der Waals surface area contributed by atoms with Gasteiger partial charge in [0.1, 0.15) is 16.8 Å². The minimum atomic E-state index is -0.188. The highest BCUT2D eigenvalue weighted by molar-refractivity contribution is 7.00. The van der Waals surface area contributed by atoms with Crippen LogP contribution in [-0.4, -0.2) is 21.8 Å². The highest BCUT2D eigenvalue weighted by Crippen LogP contribution is 2.19. The number of carbonyl (C=O) groups is 1. The van der Waals surface area contributed by atoms with Crippen molar-refractivity contribution in [2.24, 2.45) is 0 Å². The number of nitrogens with zero attached hydrogens (tertiary/aromatic N) is 2. The molecule has 0 atom stereocenters. The molecule has 1 N–H and O–H groups in total. The fraction of sp³-hybridized carbons (Fsp3) is 0.0714. The number of amides is 1. The maximum Gasteiger partial charge on any atom is 0.255 e. The summed E-state index contributed by atoms with van der Waals surface area (Å²) in [6, 6.07) is 12.4. The van der Waals surface area contributed by atoms with Crippen LogP contribution in [0.15, 0.2) is 42.5 Å². The van der Waals surface area contributed by atoms with Crippen LogP contribution >= 0.6 is 11.7 Å². The number of nitrogens with one attached hydrogen (secondary N) is 1. The predicted octanol–water partition coefficient (Wildman–Crippen LogP) is 2.95. The molecule has 0 aliphatic carbocycles. The van der Waals surface area contributed by atoms with E-state index >= 15 is 0 Å². The minimum absolute atomic E-state index is 0.188. The summed E-state index contributed by atoms with van der Waals surface area (Å²) in [5.74, 6) is 0.461. The smallest absolute Gasteiger partial charge is 0.255 e. The number of benzene rings is 2. The molecule has 3 rings (SSSR count). The molecule has 1 aromatic heterocycles. The number of methoxy groups -OCH3 is 1. The van der Waals surface area contributed by atoms with Gasteiger partial charge in [-0.05, 0) is 36.4 Å². The molecule has 2 aromatic carbocycles. The molecule has 0 radical (unpaired) electrons. The zero-order chi connectivity index (χ0) is 13.9. The lowest BCUT2D eigenvalue weighted by molar-refractivity contribution is 0.102. The third kappa shape index (κ3) is 2.46. The summed E-state index contributed by atoms with van der Waals surface area (Å²) in [7, 11) is 1.57. The minimum Gasteiger partial charge on any atom is -0.497 e. The van der Waals surface area contributed by atoms with Crippen molar-refractivity contribution in [1.29, 1.82) is 0 Å². The van der Waals surface area contributed by atoms with Gasteiger partial charge >= 0.3 is 0 Å². The predicted molar refractivity (Wildman–Crippen MR) is 78.4 cm³/mol. The summed E-state index contributed by atoms with van der Waals surface area (Å²) in [6.07, 6.45) is 0. The van der Waals surface area contributed by atoms with Crippen molar-refractivity contribution in [3.8, 4) is 5.75 Å². The van der Waals surface area contributed by atoms with Gasteiger partial charge in [-0.2, -0.15) is 8.75 Å². The standard InChI is InChI=1S/C14H11N3O2S/c1-19-11-4-2-3-9(7-11)14(18)15-10-5-6-12-13(8-10)17-20-16-12/h2-8H,1H3,(H,15,18). The summed E-state index contributed by atoms with van der Waals surface area (Å²) >= 11 is 1.15. The largest absolute Gasteiger partial charge is 0.497 e. The van der Waals surface area contributed by atoms with Crippen LogP contribution in [-0.2, 0) is 0 Å². The maximum atomic E-state index is 12.2. The van der Waals surface area contributed by atoms with Gasteiger partial charge in [0.2, 0.25) is 0 Å². The molecule has 0 saturated carbocycles. The summed E-state index contributed by atoms with van der Waals surface area (Å²) in [6.45, 7) is 0. The van der Waals surface area contributed by atoms with E-state index in [1.54, 1.807) is 37.4 Å². The normalized spacial score (nSPS) is 10.4. The molecule has 0 unspecified atom stereocenters. The topological polar surface area (TPSA) is 64.1 Å². The second kappa shape index (κ2) is 5.26. The molecule has 0 fully saturated rings. The van der Waals surface area contributed by atoms with Gasteiger partial charge in [0, 0.05) is 11.3 Å². The van der Waals surface area contributed by atoms with E-state index in [9.17, 15) is 4.79 Å². The summed E-state index contributed by atoms with van der Waals surface area (Å²) in [5.41, 5.74) is 2.84. The molecule has 0 aliphatic heterocycles. The van der Waals surface area contributed by atoms with Gasteiger partial charge in [-0.15, -0.1) is 0 Å². The monoisotopic (exact) mass is 285 g/mol. The number of aromatic nitrogens is 2. The van der Waals surface area contributed by atoms with Crippen molar-refractivity contribution in [1.82, 2.24) is 8.75 Å². The molecule has 20 heavy (non-hydrogen) atoms. The van der Waals surface area contributed by atoms with Gasteiger partial charge in [0.05, 0.1) is 18.8 Å². The molecular weight excluding hydrogens is 274 g/mol. The molecule has 0 spiro atoms. The third-order valence-electron chi connectivity index (χ3n) is 2.84. The maximum absolute atomic E-state index is 12.2. The van der Waals surface area contributed by atoms with Crippen molar-refractivity contribution in [2.75, 3.05) is 12.4 Å². The Morgan fingerprint density at radius 2 is 2.00 bits per heavy atom. The Bertz CT molecular complexity index is 770. The van der Waals surface area contributed by atoms with Crippen molar-refractivity contribution in [3.05, 3.63) is 48.0 Å². The lowest BCUT2D eigenvalue weighted by Crippen LogP contribution is -2.11. The van der Waals surface area contributed by atoms with Gasteiger partial charge in [-0.3, -0.25) is 4.79 Å². The fourth-order valence-electron chi connectivity index (χ4n) is 1.83. The number of rotatable bonds is 3. The van der Waals surface area contributed by atoms with Crippen LogP contribution in [0.25, 0.3) is 11.0 Å². The molecule has 5 nitrogen and oxygen atoms in total. The number of hydrogen-bond acceptors (Lipinski definition) is 5. The van der Waals surface area contributed by atoms with Crippen molar-refractivity contribution in [2.45, 2.75) is 0 Å². The van der Waals surface area contributed by atoms with E-state index in [0.717, 1.165) is 22.8 Å². The molecule has 6 heteroatoms. The first-order valence-corrected chi connectivity index (χ1v) is 6.67. The molecule has 3 aromatic rings. The molecule has 0 saturated heterocycles. The molecule has 1 heterocycles. The van der Waals surface area contributed by atoms with Gasteiger partial charge in [0.25, 0.3) is 5.91 Å².